The van der Waals surface area contributed by atoms with Crippen molar-refractivity contribution in [2.45, 2.75) is 38.5 Å². The number of hydrogen-bond acceptors (Lipinski definition) is 4. The highest BCUT2D eigenvalue weighted by molar-refractivity contribution is 5.93. The standard InChI is InChI=1S/C24H24FN3O3/c1-2-26-14-19(24(30)31)23(29)18-9-20(25)22(10-21(18)26)28-13-16-8-17(28)12-27(16)11-15-6-4-3-5-7-15/h3-7,9-10,14,16-17H,2,8,11-13H2,1H3,(H,30,31)/t16-,17-/m0/s1. The van der Waals surface area contributed by atoms with E-state index in [0.717, 1.165) is 26.1 Å². The monoisotopic (exact) mass is 421 g/mol. The van der Waals surface area contributed by atoms with E-state index in [2.05, 4.69) is 21.9 Å². The van der Waals surface area contributed by atoms with Gasteiger partial charge >= 0.3 is 5.97 Å². The largest absolute Gasteiger partial charge is 0.477 e. The minimum atomic E-state index is -1.30. The van der Waals surface area contributed by atoms with Crippen molar-refractivity contribution in [2.75, 3.05) is 18.0 Å². The molecule has 31 heavy (non-hydrogen) atoms. The van der Waals surface area contributed by atoms with Gasteiger partial charge in [-0.15, -0.1) is 0 Å². The number of pyridine rings is 1. The fraction of sp³-hybridized carbons (Fsp3) is 0.333. The third-order valence-corrected chi connectivity index (χ3v) is 6.61. The number of fused-ring (bicyclic) bond motifs is 3. The Balaban J connectivity index is 1.47. The van der Waals surface area contributed by atoms with Crippen LogP contribution in [0.4, 0.5) is 10.1 Å². The van der Waals surface area contributed by atoms with Gasteiger partial charge in [0.15, 0.2) is 0 Å². The zero-order valence-corrected chi connectivity index (χ0v) is 17.3. The highest BCUT2D eigenvalue weighted by Gasteiger charge is 2.43. The molecule has 5 rings (SSSR count). The summed E-state index contributed by atoms with van der Waals surface area (Å²) in [6, 6.07) is 13.9. The Morgan fingerprint density at radius 3 is 2.58 bits per heavy atom. The van der Waals surface area contributed by atoms with Gasteiger partial charge < -0.3 is 14.6 Å². The van der Waals surface area contributed by atoms with Crippen LogP contribution in [0.3, 0.4) is 0 Å². The van der Waals surface area contributed by atoms with Crippen LogP contribution in [0.25, 0.3) is 10.9 Å². The molecule has 0 aliphatic carbocycles. The smallest absolute Gasteiger partial charge is 0.341 e. The van der Waals surface area contributed by atoms with Crippen molar-refractivity contribution in [3.8, 4) is 0 Å². The number of aromatic nitrogens is 1. The van der Waals surface area contributed by atoms with Gasteiger partial charge in [0.1, 0.15) is 11.4 Å². The number of anilines is 1. The van der Waals surface area contributed by atoms with Gasteiger partial charge in [0.05, 0.1) is 11.2 Å². The van der Waals surface area contributed by atoms with Crippen LogP contribution in [0.5, 0.6) is 0 Å². The number of hydrogen-bond donors (Lipinski definition) is 1. The molecule has 3 aromatic rings. The van der Waals surface area contributed by atoms with Crippen LogP contribution in [0.2, 0.25) is 0 Å². The van der Waals surface area contributed by atoms with Crippen molar-refractivity contribution >= 4 is 22.6 Å². The van der Waals surface area contributed by atoms with Gasteiger partial charge in [-0.1, -0.05) is 30.3 Å². The fourth-order valence-electron chi connectivity index (χ4n) is 5.09. The second-order valence-electron chi connectivity index (χ2n) is 8.39. The second kappa shape index (κ2) is 7.50. The summed E-state index contributed by atoms with van der Waals surface area (Å²) in [6.45, 7) is 4.86. The molecule has 2 atom stereocenters. The first-order valence-corrected chi connectivity index (χ1v) is 10.6. The van der Waals surface area contributed by atoms with E-state index in [1.807, 2.05) is 25.1 Å². The average Bonchev–Trinajstić information content (AvgIpc) is 3.35. The van der Waals surface area contributed by atoms with E-state index in [0.29, 0.717) is 23.8 Å². The SMILES string of the molecule is CCn1cc(C(=O)O)c(=O)c2cc(F)c(N3C[C@@H]4C[C@H]3CN4Cc3ccccc3)cc21. The first-order chi connectivity index (χ1) is 15.0. The number of nitrogens with zero attached hydrogens (tertiary/aromatic N) is 3. The molecule has 1 N–H and O–H groups in total. The predicted molar refractivity (Wildman–Crippen MR) is 117 cm³/mol. The second-order valence-corrected chi connectivity index (χ2v) is 8.39. The van der Waals surface area contributed by atoms with Crippen LogP contribution >= 0.6 is 0 Å². The van der Waals surface area contributed by atoms with Crippen molar-refractivity contribution in [2.24, 2.45) is 0 Å². The number of aryl methyl sites for hydroxylation is 1. The predicted octanol–water partition coefficient (Wildman–Crippen LogP) is 3.32. The molecule has 0 saturated carbocycles. The summed E-state index contributed by atoms with van der Waals surface area (Å²) in [5, 5.41) is 9.43. The quantitative estimate of drug-likeness (QED) is 0.685. The van der Waals surface area contributed by atoms with Crippen molar-refractivity contribution in [1.29, 1.82) is 0 Å². The number of carboxylic acid groups (broad SMARTS) is 1. The number of likely N-dealkylation sites (tertiary alicyclic amines) is 1. The summed E-state index contributed by atoms with van der Waals surface area (Å²) in [6.07, 6.45) is 2.34. The molecule has 6 nitrogen and oxygen atoms in total. The molecule has 2 bridgehead atoms. The van der Waals surface area contributed by atoms with E-state index in [9.17, 15) is 14.7 Å². The molecule has 2 saturated heterocycles. The Bertz CT molecular complexity index is 1220. The van der Waals surface area contributed by atoms with Crippen LogP contribution in [-0.4, -0.2) is 45.7 Å². The number of benzene rings is 2. The molecular weight excluding hydrogens is 397 g/mol. The van der Waals surface area contributed by atoms with Crippen LogP contribution < -0.4 is 10.3 Å². The third-order valence-electron chi connectivity index (χ3n) is 6.61. The maximum absolute atomic E-state index is 15.1. The highest BCUT2D eigenvalue weighted by atomic mass is 19.1. The maximum Gasteiger partial charge on any atom is 0.341 e. The van der Waals surface area contributed by atoms with Gasteiger partial charge in [0.2, 0.25) is 5.43 Å². The first-order valence-electron chi connectivity index (χ1n) is 10.6. The van der Waals surface area contributed by atoms with Gasteiger partial charge in [-0.05, 0) is 31.0 Å². The Morgan fingerprint density at radius 1 is 1.16 bits per heavy atom. The summed E-state index contributed by atoms with van der Waals surface area (Å²) in [4.78, 5) is 28.6. The van der Waals surface area contributed by atoms with Gasteiger partial charge in [0, 0.05) is 49.8 Å². The van der Waals surface area contributed by atoms with Crippen LogP contribution in [-0.2, 0) is 13.1 Å². The zero-order chi connectivity index (χ0) is 21.7. The van der Waals surface area contributed by atoms with Crippen LogP contribution in [0, 0.1) is 5.82 Å². The lowest BCUT2D eigenvalue weighted by molar-refractivity contribution is 0.0695. The number of rotatable bonds is 5. The molecule has 0 radical (unpaired) electrons. The molecular formula is C24H24FN3O3. The first kappa shape index (κ1) is 19.8. The highest BCUT2D eigenvalue weighted by Crippen LogP contribution is 2.37. The number of piperazine rings is 1. The molecule has 7 heteroatoms. The molecule has 1 aromatic heterocycles. The van der Waals surface area contributed by atoms with E-state index in [1.54, 1.807) is 10.6 Å². The Hall–Kier alpha value is -3.19. The molecule has 2 fully saturated rings. The fourth-order valence-corrected chi connectivity index (χ4v) is 5.09. The minimum Gasteiger partial charge on any atom is -0.477 e. The van der Waals surface area contributed by atoms with Gasteiger partial charge in [-0.3, -0.25) is 9.69 Å². The van der Waals surface area contributed by atoms with Crippen LogP contribution in [0.1, 0.15) is 29.3 Å². The Morgan fingerprint density at radius 2 is 1.94 bits per heavy atom. The van der Waals surface area contributed by atoms with Crippen molar-refractivity contribution in [3.63, 3.8) is 0 Å². The van der Waals surface area contributed by atoms with E-state index in [-0.39, 0.29) is 17.0 Å². The normalized spacial score (nSPS) is 20.6. The van der Waals surface area contributed by atoms with E-state index in [4.69, 9.17) is 0 Å². The van der Waals surface area contributed by atoms with Crippen LogP contribution in [0.15, 0.2) is 53.5 Å². The lowest BCUT2D eigenvalue weighted by Crippen LogP contribution is -2.46. The molecule has 2 aliphatic heterocycles. The number of halogens is 1. The molecule has 2 aromatic carbocycles. The van der Waals surface area contributed by atoms with Gasteiger partial charge in [0.25, 0.3) is 0 Å². The Labute approximate surface area is 179 Å². The van der Waals surface area contributed by atoms with Gasteiger partial charge in [-0.2, -0.15) is 0 Å². The Kier molecular flexibility index (Phi) is 4.78. The molecule has 2 aliphatic rings. The third kappa shape index (κ3) is 3.29. The number of carbonyl (C=O) groups is 1. The molecule has 160 valence electrons. The lowest BCUT2D eigenvalue weighted by atomic mass is 10.1. The average molecular weight is 421 g/mol. The molecule has 3 heterocycles. The van der Waals surface area contributed by atoms with E-state index < -0.39 is 17.2 Å². The molecule has 0 unspecified atom stereocenters. The summed E-state index contributed by atoms with van der Waals surface area (Å²) < 4.78 is 16.8. The van der Waals surface area contributed by atoms with E-state index >= 15 is 4.39 Å². The summed E-state index contributed by atoms with van der Waals surface area (Å²) in [7, 11) is 0. The van der Waals surface area contributed by atoms with Crippen molar-refractivity contribution in [1.82, 2.24) is 9.47 Å². The number of carboxylic acids is 1. The topological polar surface area (TPSA) is 65.8 Å². The minimum absolute atomic E-state index is 0.109. The summed E-state index contributed by atoms with van der Waals surface area (Å²) >= 11 is 0. The number of aromatic carboxylic acids is 1. The summed E-state index contributed by atoms with van der Waals surface area (Å²) in [5.41, 5.74) is 1.36. The molecule has 0 amide bonds. The zero-order valence-electron chi connectivity index (χ0n) is 17.3. The molecule has 0 spiro atoms. The van der Waals surface area contributed by atoms with E-state index in [1.165, 1.54) is 17.8 Å². The summed E-state index contributed by atoms with van der Waals surface area (Å²) in [5.74, 6) is -1.77. The van der Waals surface area contributed by atoms with Crippen molar-refractivity contribution in [3.05, 3.63) is 75.8 Å². The van der Waals surface area contributed by atoms with Crippen molar-refractivity contribution < 1.29 is 14.3 Å². The lowest BCUT2D eigenvalue weighted by Gasteiger charge is -2.36. The maximum atomic E-state index is 15.1. The van der Waals surface area contributed by atoms with Gasteiger partial charge in [-0.25, -0.2) is 9.18 Å².